The Hall–Kier alpha value is -1.71. The smallest absolute Gasteiger partial charge is 0.228 e. The van der Waals surface area contributed by atoms with E-state index in [-0.39, 0.29) is 5.75 Å². The summed E-state index contributed by atoms with van der Waals surface area (Å²) in [5, 5.41) is 9.48. The molecular weight excluding hydrogens is 170 g/mol. The van der Waals surface area contributed by atoms with Crippen LogP contribution in [0.1, 0.15) is 0 Å². The van der Waals surface area contributed by atoms with Crippen LogP contribution in [0.25, 0.3) is 0 Å². The van der Waals surface area contributed by atoms with Gasteiger partial charge >= 0.3 is 0 Å². The summed E-state index contributed by atoms with van der Waals surface area (Å²) in [6.45, 7) is 0. The molecular formula is C9H9NO3. The van der Waals surface area contributed by atoms with Gasteiger partial charge in [0.2, 0.25) is 6.23 Å². The third-order valence-electron chi connectivity index (χ3n) is 2.08. The van der Waals surface area contributed by atoms with Gasteiger partial charge in [0.05, 0.1) is 0 Å². The van der Waals surface area contributed by atoms with Crippen molar-refractivity contribution in [3.63, 3.8) is 0 Å². The van der Waals surface area contributed by atoms with Crippen LogP contribution in [0.4, 0.5) is 5.69 Å². The van der Waals surface area contributed by atoms with Crippen LogP contribution in [0.5, 0.6) is 11.5 Å². The lowest BCUT2D eigenvalue weighted by molar-refractivity contribution is -0.113. The molecule has 0 aromatic heterocycles. The van der Waals surface area contributed by atoms with Crippen LogP contribution in [-0.4, -0.2) is 24.7 Å². The Morgan fingerprint density at radius 2 is 2.38 bits per heavy atom. The van der Waals surface area contributed by atoms with Gasteiger partial charge in [-0.2, -0.15) is 0 Å². The Morgan fingerprint density at radius 3 is 3.00 bits per heavy atom. The summed E-state index contributed by atoms with van der Waals surface area (Å²) >= 11 is 0. The predicted molar refractivity (Wildman–Crippen MR) is 47.0 cm³/mol. The average Bonchev–Trinajstić information content (AvgIpc) is 2.44. The third kappa shape index (κ3) is 1.02. The van der Waals surface area contributed by atoms with Gasteiger partial charge in [-0.1, -0.05) is 6.07 Å². The number of nitrogens with zero attached hydrogens (tertiary/aromatic N) is 1. The summed E-state index contributed by atoms with van der Waals surface area (Å²) in [7, 11) is 1.70. The molecule has 0 bridgehead atoms. The lowest BCUT2D eigenvalue weighted by atomic mass is 10.2. The Morgan fingerprint density at radius 1 is 1.62 bits per heavy atom. The van der Waals surface area contributed by atoms with Crippen molar-refractivity contribution >= 4 is 12.0 Å². The number of rotatable bonds is 1. The number of benzene rings is 1. The molecule has 1 atom stereocenters. The maximum Gasteiger partial charge on any atom is 0.228 e. The first-order valence-corrected chi connectivity index (χ1v) is 3.91. The fourth-order valence-electron chi connectivity index (χ4n) is 1.42. The predicted octanol–water partition coefficient (Wildman–Crippen LogP) is 0.746. The quantitative estimate of drug-likeness (QED) is 0.646. The van der Waals surface area contributed by atoms with E-state index in [4.69, 9.17) is 4.74 Å². The standard InChI is InChI=1S/C9H9NO3/c1-10-8(5-11)13-7-4-2-3-6(12)9(7)10/h2-5,8,12H,1H3. The zero-order valence-electron chi connectivity index (χ0n) is 7.10. The maximum atomic E-state index is 10.5. The number of likely N-dealkylation sites (N-methyl/N-ethyl adjacent to an activating group) is 1. The number of carbonyl (C=O) groups excluding carboxylic acids is 1. The molecule has 4 heteroatoms. The van der Waals surface area contributed by atoms with E-state index < -0.39 is 6.23 Å². The van der Waals surface area contributed by atoms with Gasteiger partial charge in [0.1, 0.15) is 17.2 Å². The van der Waals surface area contributed by atoms with Gasteiger partial charge in [0.15, 0.2) is 6.29 Å². The minimum Gasteiger partial charge on any atom is -0.506 e. The van der Waals surface area contributed by atoms with E-state index in [2.05, 4.69) is 0 Å². The van der Waals surface area contributed by atoms with E-state index >= 15 is 0 Å². The molecule has 1 aromatic carbocycles. The van der Waals surface area contributed by atoms with Crippen LogP contribution < -0.4 is 9.64 Å². The second-order valence-electron chi connectivity index (χ2n) is 2.88. The van der Waals surface area contributed by atoms with Crippen molar-refractivity contribution in [1.29, 1.82) is 0 Å². The zero-order chi connectivity index (χ0) is 9.42. The lowest BCUT2D eigenvalue weighted by Gasteiger charge is -2.14. The SMILES string of the molecule is CN1c2c(O)cccc2OC1C=O. The lowest BCUT2D eigenvalue weighted by Crippen LogP contribution is -2.32. The summed E-state index contributed by atoms with van der Waals surface area (Å²) in [5.41, 5.74) is 0.569. The molecule has 0 amide bonds. The molecule has 68 valence electrons. The molecule has 1 N–H and O–H groups in total. The number of aromatic hydroxyl groups is 1. The van der Waals surface area contributed by atoms with Crippen LogP contribution in [0, 0.1) is 0 Å². The number of aldehydes is 1. The molecule has 0 radical (unpaired) electrons. The van der Waals surface area contributed by atoms with Crippen LogP contribution in [0.15, 0.2) is 18.2 Å². The second-order valence-corrected chi connectivity index (χ2v) is 2.88. The molecule has 4 nitrogen and oxygen atoms in total. The first-order valence-electron chi connectivity index (χ1n) is 3.91. The van der Waals surface area contributed by atoms with E-state index in [9.17, 15) is 9.90 Å². The van der Waals surface area contributed by atoms with Gasteiger partial charge in [-0.15, -0.1) is 0 Å². The molecule has 1 aliphatic rings. The van der Waals surface area contributed by atoms with Gasteiger partial charge in [0, 0.05) is 7.05 Å². The van der Waals surface area contributed by atoms with Crippen molar-refractivity contribution in [2.24, 2.45) is 0 Å². The van der Waals surface area contributed by atoms with E-state index in [1.54, 1.807) is 30.1 Å². The minimum absolute atomic E-state index is 0.129. The number of hydrogen-bond acceptors (Lipinski definition) is 4. The second kappa shape index (κ2) is 2.65. The fourth-order valence-corrected chi connectivity index (χ4v) is 1.42. The highest BCUT2D eigenvalue weighted by atomic mass is 16.5. The molecule has 0 spiro atoms. The number of hydrogen-bond donors (Lipinski definition) is 1. The summed E-state index contributed by atoms with van der Waals surface area (Å²) < 4.78 is 5.25. The highest BCUT2D eigenvalue weighted by Gasteiger charge is 2.29. The number of phenols is 1. The van der Waals surface area contributed by atoms with Crippen molar-refractivity contribution < 1.29 is 14.6 Å². The summed E-state index contributed by atoms with van der Waals surface area (Å²) in [6.07, 6.45) is 0.0719. The summed E-state index contributed by atoms with van der Waals surface area (Å²) in [5.74, 6) is 0.670. The molecule has 0 aliphatic carbocycles. The van der Waals surface area contributed by atoms with Crippen molar-refractivity contribution in [2.75, 3.05) is 11.9 Å². The highest BCUT2D eigenvalue weighted by Crippen LogP contribution is 2.41. The molecule has 2 rings (SSSR count). The topological polar surface area (TPSA) is 49.8 Å². The molecule has 1 aromatic rings. The van der Waals surface area contributed by atoms with Crippen molar-refractivity contribution in [3.8, 4) is 11.5 Å². The number of phenolic OH excluding ortho intramolecular Hbond substituents is 1. The molecule has 0 saturated carbocycles. The summed E-state index contributed by atoms with van der Waals surface area (Å²) in [4.78, 5) is 12.1. The Bertz CT molecular complexity index is 351. The average molecular weight is 179 g/mol. The summed E-state index contributed by atoms with van der Waals surface area (Å²) in [6, 6.07) is 4.95. The number of fused-ring (bicyclic) bond motifs is 1. The van der Waals surface area contributed by atoms with Gasteiger partial charge in [0.25, 0.3) is 0 Å². The number of ether oxygens (including phenoxy) is 1. The molecule has 0 fully saturated rings. The molecule has 1 heterocycles. The zero-order valence-corrected chi connectivity index (χ0v) is 7.10. The van der Waals surface area contributed by atoms with Crippen LogP contribution in [-0.2, 0) is 4.79 Å². The minimum atomic E-state index is -0.622. The first-order chi connectivity index (χ1) is 6.24. The van der Waals surface area contributed by atoms with Gasteiger partial charge in [-0.3, -0.25) is 4.79 Å². The Kier molecular flexibility index (Phi) is 1.62. The van der Waals surface area contributed by atoms with Gasteiger partial charge < -0.3 is 14.7 Å². The van der Waals surface area contributed by atoms with E-state index in [0.717, 1.165) is 0 Å². The first kappa shape index (κ1) is 7.91. The molecule has 1 unspecified atom stereocenters. The number of para-hydroxylation sites is 1. The van der Waals surface area contributed by atoms with E-state index in [1.807, 2.05) is 0 Å². The van der Waals surface area contributed by atoms with Crippen LogP contribution in [0.3, 0.4) is 0 Å². The number of carbonyl (C=O) groups is 1. The van der Waals surface area contributed by atoms with Crippen molar-refractivity contribution in [3.05, 3.63) is 18.2 Å². The van der Waals surface area contributed by atoms with Crippen LogP contribution in [0.2, 0.25) is 0 Å². The molecule has 13 heavy (non-hydrogen) atoms. The van der Waals surface area contributed by atoms with Crippen molar-refractivity contribution in [1.82, 2.24) is 0 Å². The molecule has 0 saturated heterocycles. The largest absolute Gasteiger partial charge is 0.506 e. The fraction of sp³-hybridized carbons (Fsp3) is 0.222. The monoisotopic (exact) mass is 179 g/mol. The van der Waals surface area contributed by atoms with Gasteiger partial charge in [-0.05, 0) is 12.1 Å². The number of anilines is 1. The van der Waals surface area contributed by atoms with Gasteiger partial charge in [-0.25, -0.2) is 0 Å². The van der Waals surface area contributed by atoms with E-state index in [1.165, 1.54) is 0 Å². The van der Waals surface area contributed by atoms with E-state index in [0.29, 0.717) is 17.7 Å². The Labute approximate surface area is 75.3 Å². The third-order valence-corrected chi connectivity index (χ3v) is 2.08. The van der Waals surface area contributed by atoms with Crippen molar-refractivity contribution in [2.45, 2.75) is 6.23 Å². The maximum absolute atomic E-state index is 10.5. The molecule has 1 aliphatic heterocycles. The normalized spacial score (nSPS) is 19.5. The highest BCUT2D eigenvalue weighted by molar-refractivity contribution is 5.76. The Balaban J connectivity index is 2.50. The van der Waals surface area contributed by atoms with Crippen LogP contribution >= 0.6 is 0 Å².